The molecule has 0 heterocycles. The van der Waals surface area contributed by atoms with E-state index in [0.717, 1.165) is 19.4 Å². The summed E-state index contributed by atoms with van der Waals surface area (Å²) in [5, 5.41) is 0. The lowest BCUT2D eigenvalue weighted by atomic mass is 10.1. The molecule has 0 aromatic rings. The van der Waals surface area contributed by atoms with Crippen LogP contribution < -0.4 is 0 Å². The molecule has 192 valence electrons. The number of carbonyl (C=O) groups is 1. The van der Waals surface area contributed by atoms with Crippen molar-refractivity contribution >= 4 is 5.97 Å². The molecule has 0 fully saturated rings. The highest BCUT2D eigenvalue weighted by atomic mass is 16.6. The quantitative estimate of drug-likeness (QED) is 0.114. The number of hydrogen-bond acceptors (Lipinski definition) is 3. The molecule has 0 bridgehead atoms. The third-order valence-electron chi connectivity index (χ3n) is 6.18. The molecule has 0 saturated heterocycles. The van der Waals surface area contributed by atoms with Gasteiger partial charge in [0.2, 0.25) is 0 Å². The number of nitrogens with zero attached hydrogens (tertiary/aromatic N) is 1. The van der Waals surface area contributed by atoms with Crippen molar-refractivity contribution in [2.24, 2.45) is 0 Å². The topological polar surface area (TPSA) is 29.5 Å². The predicted octanol–water partition coefficient (Wildman–Crippen LogP) is 9.08. The average Bonchev–Trinajstić information content (AvgIpc) is 2.73. The first-order valence-corrected chi connectivity index (χ1v) is 14.3. The lowest BCUT2D eigenvalue weighted by Gasteiger charge is -2.23. The fraction of sp³-hybridized carbons (Fsp3) is 0.966. The van der Waals surface area contributed by atoms with E-state index in [4.69, 9.17) is 4.74 Å². The second-order valence-electron chi connectivity index (χ2n) is 10.8. The van der Waals surface area contributed by atoms with Gasteiger partial charge in [0.1, 0.15) is 5.60 Å². The molecular formula is C29H59NO2. The Morgan fingerprint density at radius 3 is 1.28 bits per heavy atom. The Labute approximate surface area is 202 Å². The van der Waals surface area contributed by atoms with Gasteiger partial charge in [0.05, 0.1) is 0 Å². The highest BCUT2D eigenvalue weighted by molar-refractivity contribution is 5.69. The lowest BCUT2D eigenvalue weighted by molar-refractivity contribution is -0.154. The highest BCUT2D eigenvalue weighted by Gasteiger charge is 2.15. The van der Waals surface area contributed by atoms with Crippen molar-refractivity contribution in [1.82, 2.24) is 4.90 Å². The predicted molar refractivity (Wildman–Crippen MR) is 141 cm³/mol. The summed E-state index contributed by atoms with van der Waals surface area (Å²) in [4.78, 5) is 14.6. The Morgan fingerprint density at radius 2 is 0.906 bits per heavy atom. The van der Waals surface area contributed by atoms with Crippen molar-refractivity contribution in [3.05, 3.63) is 0 Å². The molecule has 0 spiro atoms. The first-order valence-electron chi connectivity index (χ1n) is 14.3. The average molecular weight is 454 g/mol. The zero-order valence-corrected chi connectivity index (χ0v) is 22.8. The Balaban J connectivity index is 4.03. The largest absolute Gasteiger partial charge is 0.460 e. The van der Waals surface area contributed by atoms with Crippen molar-refractivity contribution in [3.8, 4) is 0 Å². The van der Waals surface area contributed by atoms with E-state index < -0.39 is 0 Å². The molecule has 0 aromatic carbocycles. The van der Waals surface area contributed by atoms with Gasteiger partial charge in [0.25, 0.3) is 0 Å². The second kappa shape index (κ2) is 22.2. The minimum absolute atomic E-state index is 0.0461. The third-order valence-corrected chi connectivity index (χ3v) is 6.18. The summed E-state index contributed by atoms with van der Waals surface area (Å²) < 4.78 is 5.45. The number of carbonyl (C=O) groups excluding carboxylic acids is 1. The van der Waals surface area contributed by atoms with E-state index in [-0.39, 0.29) is 11.6 Å². The van der Waals surface area contributed by atoms with Crippen LogP contribution in [0.25, 0.3) is 0 Å². The normalized spacial score (nSPS) is 11.9. The molecule has 0 amide bonds. The first kappa shape index (κ1) is 31.4. The van der Waals surface area contributed by atoms with Crippen LogP contribution in [0, 0.1) is 0 Å². The number of esters is 1. The van der Waals surface area contributed by atoms with Gasteiger partial charge < -0.3 is 9.64 Å². The molecule has 0 aliphatic rings. The Bertz CT molecular complexity index is 382. The van der Waals surface area contributed by atoms with E-state index in [9.17, 15) is 4.79 Å². The molecule has 0 N–H and O–H groups in total. The standard InChI is InChI=1S/C29H59NO2/c1-6-8-10-12-14-16-18-21-25-30(26-22-19-17-15-13-11-9-7-2)27-23-20-24-28(31)32-29(3,4)5/h6-27H2,1-5H3. The van der Waals surface area contributed by atoms with E-state index in [1.54, 1.807) is 0 Å². The van der Waals surface area contributed by atoms with Crippen LogP contribution >= 0.6 is 0 Å². The summed E-state index contributed by atoms with van der Waals surface area (Å²) in [5.41, 5.74) is -0.365. The van der Waals surface area contributed by atoms with Gasteiger partial charge in [-0.1, -0.05) is 104 Å². The fourth-order valence-electron chi connectivity index (χ4n) is 4.27. The van der Waals surface area contributed by atoms with E-state index in [1.807, 2.05) is 20.8 Å². The van der Waals surface area contributed by atoms with Gasteiger partial charge in [-0.3, -0.25) is 4.79 Å². The maximum absolute atomic E-state index is 11.9. The lowest BCUT2D eigenvalue weighted by Crippen LogP contribution is -2.28. The van der Waals surface area contributed by atoms with E-state index in [2.05, 4.69) is 18.7 Å². The van der Waals surface area contributed by atoms with Crippen LogP contribution in [0.2, 0.25) is 0 Å². The van der Waals surface area contributed by atoms with Crippen molar-refractivity contribution in [3.63, 3.8) is 0 Å². The van der Waals surface area contributed by atoms with Gasteiger partial charge >= 0.3 is 5.97 Å². The molecule has 0 saturated carbocycles. The molecule has 0 aromatic heterocycles. The summed E-state index contributed by atoms with van der Waals surface area (Å²) in [7, 11) is 0. The molecule has 0 radical (unpaired) electrons. The summed E-state index contributed by atoms with van der Waals surface area (Å²) in [6.45, 7) is 14.0. The molecule has 0 aliphatic carbocycles. The summed E-state index contributed by atoms with van der Waals surface area (Å²) >= 11 is 0. The zero-order chi connectivity index (χ0) is 23.9. The number of rotatable bonds is 23. The van der Waals surface area contributed by atoms with Gasteiger partial charge in [-0.2, -0.15) is 0 Å². The summed E-state index contributed by atoms with van der Waals surface area (Å²) in [5.74, 6) is -0.0461. The summed E-state index contributed by atoms with van der Waals surface area (Å²) in [6.07, 6.45) is 24.8. The monoisotopic (exact) mass is 453 g/mol. The molecule has 3 heteroatoms. The SMILES string of the molecule is CCCCCCCCCCN(CCCCCCCCCC)CCCCC(=O)OC(C)(C)C. The van der Waals surface area contributed by atoms with Crippen molar-refractivity contribution < 1.29 is 9.53 Å². The first-order chi connectivity index (χ1) is 15.4. The van der Waals surface area contributed by atoms with Crippen LogP contribution in [0.3, 0.4) is 0 Å². The summed E-state index contributed by atoms with van der Waals surface area (Å²) in [6, 6.07) is 0. The molecular weight excluding hydrogens is 394 g/mol. The minimum Gasteiger partial charge on any atom is -0.460 e. The van der Waals surface area contributed by atoms with Gasteiger partial charge in [0.15, 0.2) is 0 Å². The Hall–Kier alpha value is -0.570. The highest BCUT2D eigenvalue weighted by Crippen LogP contribution is 2.13. The van der Waals surface area contributed by atoms with Crippen LogP contribution in [0.1, 0.15) is 157 Å². The Kier molecular flexibility index (Phi) is 21.8. The van der Waals surface area contributed by atoms with Crippen molar-refractivity contribution in [2.75, 3.05) is 19.6 Å². The smallest absolute Gasteiger partial charge is 0.306 e. The zero-order valence-electron chi connectivity index (χ0n) is 22.8. The molecule has 0 unspecified atom stereocenters. The third kappa shape index (κ3) is 24.1. The molecule has 0 aliphatic heterocycles. The molecule has 32 heavy (non-hydrogen) atoms. The number of hydrogen-bond donors (Lipinski definition) is 0. The van der Waals surface area contributed by atoms with Crippen LogP contribution in [0.4, 0.5) is 0 Å². The second-order valence-corrected chi connectivity index (χ2v) is 10.8. The van der Waals surface area contributed by atoms with Gasteiger partial charge in [-0.05, 0) is 66.1 Å². The van der Waals surface area contributed by atoms with Crippen LogP contribution in [0.15, 0.2) is 0 Å². The maximum Gasteiger partial charge on any atom is 0.306 e. The van der Waals surface area contributed by atoms with Gasteiger partial charge in [-0.15, -0.1) is 0 Å². The maximum atomic E-state index is 11.9. The van der Waals surface area contributed by atoms with E-state index >= 15 is 0 Å². The van der Waals surface area contributed by atoms with Crippen LogP contribution in [-0.4, -0.2) is 36.1 Å². The Morgan fingerprint density at radius 1 is 0.562 bits per heavy atom. The molecule has 3 nitrogen and oxygen atoms in total. The number of ether oxygens (including phenoxy) is 1. The van der Waals surface area contributed by atoms with Crippen molar-refractivity contribution in [1.29, 1.82) is 0 Å². The van der Waals surface area contributed by atoms with E-state index in [0.29, 0.717) is 6.42 Å². The fourth-order valence-corrected chi connectivity index (χ4v) is 4.27. The molecule has 0 atom stereocenters. The molecule has 0 rings (SSSR count). The van der Waals surface area contributed by atoms with Crippen LogP contribution in [-0.2, 0) is 9.53 Å². The minimum atomic E-state index is -0.365. The van der Waals surface area contributed by atoms with Gasteiger partial charge in [-0.25, -0.2) is 0 Å². The van der Waals surface area contributed by atoms with Crippen molar-refractivity contribution in [2.45, 2.75) is 162 Å². The van der Waals surface area contributed by atoms with Crippen LogP contribution in [0.5, 0.6) is 0 Å². The number of unbranched alkanes of at least 4 members (excludes halogenated alkanes) is 15. The van der Waals surface area contributed by atoms with E-state index in [1.165, 1.54) is 116 Å². The van der Waals surface area contributed by atoms with Gasteiger partial charge in [0, 0.05) is 6.42 Å².